The first-order valence-electron chi connectivity index (χ1n) is 8.79. The first kappa shape index (κ1) is 17.6. The van der Waals surface area contributed by atoms with Crippen LogP contribution < -0.4 is 4.90 Å². The highest BCUT2D eigenvalue weighted by atomic mass is 79.9. The van der Waals surface area contributed by atoms with Crippen LogP contribution >= 0.6 is 27.5 Å². The van der Waals surface area contributed by atoms with Crippen molar-refractivity contribution in [3.63, 3.8) is 0 Å². The molecule has 0 aliphatic carbocycles. The minimum atomic E-state index is 0.0681. The van der Waals surface area contributed by atoms with Gasteiger partial charge >= 0.3 is 0 Å². The number of rotatable bonds is 5. The number of anilines is 1. The molecule has 1 fully saturated rings. The van der Waals surface area contributed by atoms with Crippen LogP contribution in [0.3, 0.4) is 0 Å². The summed E-state index contributed by atoms with van der Waals surface area (Å²) < 4.78 is 11.1. The summed E-state index contributed by atoms with van der Waals surface area (Å²) in [6.07, 6.45) is 2.97. The first-order chi connectivity index (χ1) is 12.6. The van der Waals surface area contributed by atoms with Gasteiger partial charge in [-0.2, -0.15) is 9.36 Å². The van der Waals surface area contributed by atoms with Crippen molar-refractivity contribution >= 4 is 32.6 Å². The largest absolute Gasteiger partial charge is 0.337 e. The van der Waals surface area contributed by atoms with Crippen LogP contribution in [0.15, 0.2) is 33.3 Å². The molecule has 4 rings (SSSR count). The van der Waals surface area contributed by atoms with Crippen molar-refractivity contribution in [2.45, 2.75) is 39.2 Å². The average molecular weight is 434 g/mol. The zero-order valence-electron chi connectivity index (χ0n) is 14.7. The van der Waals surface area contributed by atoms with Crippen LogP contribution in [-0.4, -0.2) is 26.0 Å². The Labute approximate surface area is 164 Å². The number of nitrogens with zero attached hydrogens (tertiary/aromatic N) is 5. The van der Waals surface area contributed by atoms with Gasteiger partial charge in [0.15, 0.2) is 0 Å². The second kappa shape index (κ2) is 7.44. The molecule has 2 aromatic heterocycles. The lowest BCUT2D eigenvalue weighted by Gasteiger charge is -2.19. The molecule has 3 heterocycles. The molecule has 1 aromatic carbocycles. The molecule has 6 nitrogen and oxygen atoms in total. The predicted octanol–water partition coefficient (Wildman–Crippen LogP) is 4.89. The smallest absolute Gasteiger partial charge is 0.249 e. The molecule has 0 spiro atoms. The Morgan fingerprint density at radius 3 is 2.96 bits per heavy atom. The summed E-state index contributed by atoms with van der Waals surface area (Å²) in [6, 6.07) is 7.96. The molecule has 0 N–H and O–H groups in total. The van der Waals surface area contributed by atoms with Gasteiger partial charge in [-0.1, -0.05) is 47.1 Å². The molecule has 1 aliphatic rings. The fourth-order valence-electron chi connectivity index (χ4n) is 3.18. The molecular formula is C18H20BrN5OS. The second-order valence-corrected chi connectivity index (χ2v) is 8.46. The Hall–Kier alpha value is -1.80. The number of hydrogen-bond acceptors (Lipinski definition) is 7. The summed E-state index contributed by atoms with van der Waals surface area (Å²) in [4.78, 5) is 11.6. The van der Waals surface area contributed by atoms with Gasteiger partial charge in [-0.25, -0.2) is 4.98 Å². The summed E-state index contributed by atoms with van der Waals surface area (Å²) in [7, 11) is 0. The van der Waals surface area contributed by atoms with Gasteiger partial charge in [-0.05, 0) is 30.9 Å². The van der Waals surface area contributed by atoms with E-state index < -0.39 is 0 Å². The van der Waals surface area contributed by atoms with Gasteiger partial charge in [0.25, 0.3) is 0 Å². The highest BCUT2D eigenvalue weighted by Gasteiger charge is 2.33. The topological polar surface area (TPSA) is 67.9 Å². The molecule has 3 aromatic rings. The second-order valence-electron chi connectivity index (χ2n) is 6.88. The van der Waals surface area contributed by atoms with Crippen molar-refractivity contribution in [2.24, 2.45) is 5.92 Å². The molecule has 8 heteroatoms. The molecule has 1 unspecified atom stereocenters. The Bertz CT molecular complexity index is 893. The maximum absolute atomic E-state index is 5.61. The molecule has 1 aliphatic heterocycles. The first-order valence-corrected chi connectivity index (χ1v) is 10.4. The van der Waals surface area contributed by atoms with Gasteiger partial charge in [0, 0.05) is 34.5 Å². The Balaban J connectivity index is 1.57. The maximum atomic E-state index is 5.61. The van der Waals surface area contributed by atoms with Crippen molar-refractivity contribution in [1.29, 1.82) is 0 Å². The Morgan fingerprint density at radius 2 is 2.15 bits per heavy atom. The van der Waals surface area contributed by atoms with Crippen LogP contribution in [0, 0.1) is 5.92 Å². The van der Waals surface area contributed by atoms with E-state index in [1.165, 1.54) is 11.5 Å². The lowest BCUT2D eigenvalue weighted by atomic mass is 10.1. The van der Waals surface area contributed by atoms with E-state index in [2.05, 4.69) is 49.2 Å². The predicted molar refractivity (Wildman–Crippen MR) is 105 cm³/mol. The van der Waals surface area contributed by atoms with Crippen molar-refractivity contribution < 1.29 is 4.52 Å². The van der Waals surface area contributed by atoms with Gasteiger partial charge in [-0.3, -0.25) is 0 Å². The number of benzene rings is 1. The zero-order valence-corrected chi connectivity index (χ0v) is 17.1. The van der Waals surface area contributed by atoms with Crippen LogP contribution in [0.4, 0.5) is 5.13 Å². The summed E-state index contributed by atoms with van der Waals surface area (Å²) in [5, 5.41) is 5.14. The summed E-state index contributed by atoms with van der Waals surface area (Å²) >= 11 is 5.01. The minimum absolute atomic E-state index is 0.0681. The summed E-state index contributed by atoms with van der Waals surface area (Å²) in [5.74, 6) is 2.73. The van der Waals surface area contributed by atoms with Crippen molar-refractivity contribution in [2.75, 3.05) is 11.4 Å². The van der Waals surface area contributed by atoms with Gasteiger partial charge in [0.05, 0.1) is 0 Å². The van der Waals surface area contributed by atoms with Gasteiger partial charge < -0.3 is 9.42 Å². The van der Waals surface area contributed by atoms with Crippen LogP contribution in [0.2, 0.25) is 0 Å². The Morgan fingerprint density at radius 1 is 1.31 bits per heavy atom. The molecule has 26 heavy (non-hydrogen) atoms. The summed E-state index contributed by atoms with van der Waals surface area (Å²) in [5.41, 5.74) is 0.933. The number of halogens is 1. The monoisotopic (exact) mass is 433 g/mol. The van der Waals surface area contributed by atoms with Crippen LogP contribution in [0.1, 0.15) is 44.4 Å². The lowest BCUT2D eigenvalue weighted by molar-refractivity contribution is 0.355. The van der Waals surface area contributed by atoms with E-state index in [-0.39, 0.29) is 6.04 Å². The molecule has 0 bridgehead atoms. The summed E-state index contributed by atoms with van der Waals surface area (Å²) in [6.45, 7) is 5.30. The molecule has 0 saturated carbocycles. The van der Waals surface area contributed by atoms with Crippen LogP contribution in [0.25, 0.3) is 11.4 Å². The fraction of sp³-hybridized carbons (Fsp3) is 0.444. The van der Waals surface area contributed by atoms with E-state index in [9.17, 15) is 0 Å². The molecule has 1 atom stereocenters. The third kappa shape index (κ3) is 3.53. The highest BCUT2D eigenvalue weighted by molar-refractivity contribution is 9.10. The van der Waals surface area contributed by atoms with Crippen molar-refractivity contribution in [1.82, 2.24) is 19.5 Å². The van der Waals surface area contributed by atoms with E-state index >= 15 is 0 Å². The highest BCUT2D eigenvalue weighted by Crippen LogP contribution is 2.37. The third-order valence-corrected chi connectivity index (χ3v) is 5.87. The molecule has 0 radical (unpaired) electrons. The molecule has 1 saturated heterocycles. The Kier molecular flexibility index (Phi) is 5.04. The van der Waals surface area contributed by atoms with Crippen molar-refractivity contribution in [3.8, 4) is 11.4 Å². The average Bonchev–Trinajstić information content (AvgIpc) is 3.34. The van der Waals surface area contributed by atoms with E-state index in [1.54, 1.807) is 0 Å². The van der Waals surface area contributed by atoms with Gasteiger partial charge in [-0.15, -0.1) is 0 Å². The van der Waals surface area contributed by atoms with E-state index in [4.69, 9.17) is 9.51 Å². The fourth-order valence-corrected chi connectivity index (χ4v) is 4.42. The van der Waals surface area contributed by atoms with Gasteiger partial charge in [0.1, 0.15) is 11.9 Å². The molecule has 136 valence electrons. The van der Waals surface area contributed by atoms with Gasteiger partial charge in [0.2, 0.25) is 16.8 Å². The normalized spacial score (nSPS) is 17.4. The van der Waals surface area contributed by atoms with Crippen LogP contribution in [0.5, 0.6) is 0 Å². The van der Waals surface area contributed by atoms with E-state index in [0.717, 1.165) is 46.8 Å². The van der Waals surface area contributed by atoms with Crippen molar-refractivity contribution in [3.05, 3.63) is 40.5 Å². The number of hydrogen-bond donors (Lipinski definition) is 0. The zero-order chi connectivity index (χ0) is 18.1. The van der Waals surface area contributed by atoms with E-state index in [0.29, 0.717) is 17.6 Å². The van der Waals surface area contributed by atoms with Crippen LogP contribution in [-0.2, 0) is 6.42 Å². The number of aromatic nitrogens is 4. The standard InChI is InChI=1S/C18H20BrN5OS/c1-11(2)10-15-20-18(26-23-15)24-9-5-8-14(24)17-21-16(22-25-17)12-6-3-4-7-13(12)19/h3-4,6-7,11,14H,5,8-10H2,1-2H3. The third-order valence-electron chi connectivity index (χ3n) is 4.39. The minimum Gasteiger partial charge on any atom is -0.337 e. The van der Waals surface area contributed by atoms with E-state index in [1.807, 2.05) is 24.3 Å². The SMILES string of the molecule is CC(C)Cc1nsc(N2CCCC2c2nc(-c3ccccc3Br)no2)n1. The lowest BCUT2D eigenvalue weighted by Crippen LogP contribution is -2.22. The molecular weight excluding hydrogens is 414 g/mol. The molecule has 0 amide bonds. The quantitative estimate of drug-likeness (QED) is 0.570. The maximum Gasteiger partial charge on any atom is 0.249 e.